The summed E-state index contributed by atoms with van der Waals surface area (Å²) in [5, 5.41) is 11.7. The lowest BCUT2D eigenvalue weighted by atomic mass is 9.97. The summed E-state index contributed by atoms with van der Waals surface area (Å²) in [5.74, 6) is 1.33. The van der Waals surface area contributed by atoms with Crippen LogP contribution in [0.25, 0.3) is 0 Å². The smallest absolute Gasteiger partial charge is 0.225 e. The van der Waals surface area contributed by atoms with Crippen LogP contribution in [0.5, 0.6) is 0 Å². The topological polar surface area (TPSA) is 70.6 Å². The van der Waals surface area contributed by atoms with Crippen LogP contribution in [-0.4, -0.2) is 55.5 Å². The second kappa shape index (κ2) is 9.17. The quantitative estimate of drug-likeness (QED) is 0.829. The normalized spacial score (nSPS) is 19.8. The van der Waals surface area contributed by atoms with Crippen LogP contribution in [0.3, 0.4) is 0 Å². The van der Waals surface area contributed by atoms with Crippen molar-refractivity contribution in [3.63, 3.8) is 0 Å². The first-order valence-corrected chi connectivity index (χ1v) is 10.1. The van der Waals surface area contributed by atoms with Crippen molar-refractivity contribution in [1.29, 1.82) is 0 Å². The second-order valence-electron chi connectivity index (χ2n) is 7.48. The molecular formula is C21H26FN5O2. The van der Waals surface area contributed by atoms with Crippen molar-refractivity contribution >= 4 is 17.5 Å². The molecule has 0 bridgehead atoms. The number of anilines is 2. The van der Waals surface area contributed by atoms with Crippen LogP contribution < -0.4 is 15.1 Å². The van der Waals surface area contributed by atoms with E-state index in [-0.39, 0.29) is 17.6 Å². The fourth-order valence-electron chi connectivity index (χ4n) is 3.78. The first kappa shape index (κ1) is 19.6. The number of nitrogens with one attached hydrogen (secondary N) is 1. The van der Waals surface area contributed by atoms with E-state index in [9.17, 15) is 9.18 Å². The maximum Gasteiger partial charge on any atom is 0.225 e. The zero-order valence-electron chi connectivity index (χ0n) is 16.4. The Morgan fingerprint density at radius 1 is 1.03 bits per heavy atom. The molecule has 0 aliphatic carbocycles. The average molecular weight is 399 g/mol. The van der Waals surface area contributed by atoms with Gasteiger partial charge < -0.3 is 19.9 Å². The number of rotatable bonds is 5. The number of aromatic nitrogens is 2. The minimum Gasteiger partial charge on any atom is -0.378 e. The first-order valence-electron chi connectivity index (χ1n) is 10.1. The van der Waals surface area contributed by atoms with Gasteiger partial charge in [-0.25, -0.2) is 4.39 Å². The van der Waals surface area contributed by atoms with E-state index >= 15 is 0 Å². The monoisotopic (exact) mass is 399 g/mol. The van der Waals surface area contributed by atoms with Crippen LogP contribution in [-0.2, 0) is 16.1 Å². The number of piperidine rings is 1. The van der Waals surface area contributed by atoms with E-state index in [2.05, 4.69) is 25.3 Å². The molecule has 29 heavy (non-hydrogen) atoms. The molecule has 2 aromatic rings. The molecular weight excluding hydrogens is 373 g/mol. The van der Waals surface area contributed by atoms with Gasteiger partial charge in [0.1, 0.15) is 5.82 Å². The predicted molar refractivity (Wildman–Crippen MR) is 108 cm³/mol. The summed E-state index contributed by atoms with van der Waals surface area (Å²) < 4.78 is 18.4. The molecule has 1 amide bonds. The first-order chi connectivity index (χ1) is 14.2. The fraction of sp³-hybridized carbons (Fsp3) is 0.476. The van der Waals surface area contributed by atoms with Gasteiger partial charge in [-0.2, -0.15) is 0 Å². The molecule has 1 aromatic heterocycles. The Balaban J connectivity index is 1.32. The molecule has 1 aromatic carbocycles. The van der Waals surface area contributed by atoms with Crippen molar-refractivity contribution in [2.45, 2.75) is 19.4 Å². The highest BCUT2D eigenvalue weighted by molar-refractivity contribution is 5.79. The molecule has 4 rings (SSSR count). The Kier molecular flexibility index (Phi) is 6.19. The van der Waals surface area contributed by atoms with E-state index in [4.69, 9.17) is 4.74 Å². The molecule has 2 aliphatic heterocycles. The number of morpholine rings is 1. The summed E-state index contributed by atoms with van der Waals surface area (Å²) in [4.78, 5) is 16.9. The van der Waals surface area contributed by atoms with Crippen LogP contribution in [0.1, 0.15) is 18.4 Å². The Morgan fingerprint density at radius 2 is 1.72 bits per heavy atom. The molecule has 2 fully saturated rings. The largest absolute Gasteiger partial charge is 0.378 e. The highest BCUT2D eigenvalue weighted by atomic mass is 19.1. The number of carbonyl (C=O) groups is 1. The summed E-state index contributed by atoms with van der Waals surface area (Å²) in [7, 11) is 0. The lowest BCUT2D eigenvalue weighted by Crippen LogP contribution is -2.43. The number of amides is 1. The molecule has 0 unspecified atom stereocenters. The minimum absolute atomic E-state index is 0.0249. The third kappa shape index (κ3) is 5.00. The van der Waals surface area contributed by atoms with Crippen LogP contribution in [0.4, 0.5) is 16.0 Å². The maximum atomic E-state index is 13.0. The maximum absolute atomic E-state index is 13.0. The van der Waals surface area contributed by atoms with Gasteiger partial charge in [0.15, 0.2) is 11.6 Å². The zero-order chi connectivity index (χ0) is 20.1. The van der Waals surface area contributed by atoms with Gasteiger partial charge in [-0.1, -0.05) is 12.1 Å². The Bertz CT molecular complexity index is 809. The summed E-state index contributed by atoms with van der Waals surface area (Å²) in [6, 6.07) is 10.2. The molecule has 154 valence electrons. The number of halogens is 1. The average Bonchev–Trinajstić information content (AvgIpc) is 2.79. The minimum atomic E-state index is -0.274. The van der Waals surface area contributed by atoms with E-state index in [1.165, 1.54) is 12.1 Å². The van der Waals surface area contributed by atoms with E-state index in [0.29, 0.717) is 26.3 Å². The third-order valence-corrected chi connectivity index (χ3v) is 5.47. The molecule has 8 heteroatoms. The summed E-state index contributed by atoms with van der Waals surface area (Å²) in [6.07, 6.45) is 1.78. The predicted octanol–water partition coefficient (Wildman–Crippen LogP) is 1.99. The highest BCUT2D eigenvalue weighted by Gasteiger charge is 2.26. The number of hydrogen-bond acceptors (Lipinski definition) is 6. The molecule has 7 nitrogen and oxygen atoms in total. The third-order valence-electron chi connectivity index (χ3n) is 5.47. The van der Waals surface area contributed by atoms with Gasteiger partial charge in [-0.05, 0) is 42.7 Å². The lowest BCUT2D eigenvalue weighted by Gasteiger charge is -2.33. The highest BCUT2D eigenvalue weighted by Crippen LogP contribution is 2.23. The van der Waals surface area contributed by atoms with Crippen molar-refractivity contribution in [3.05, 3.63) is 47.8 Å². The number of carbonyl (C=O) groups excluding carboxylic acids is 1. The lowest BCUT2D eigenvalue weighted by molar-refractivity contribution is -0.125. The van der Waals surface area contributed by atoms with Gasteiger partial charge in [-0.15, -0.1) is 10.2 Å². The molecule has 2 saturated heterocycles. The Morgan fingerprint density at radius 3 is 2.41 bits per heavy atom. The second-order valence-corrected chi connectivity index (χ2v) is 7.48. The number of hydrogen-bond donors (Lipinski definition) is 1. The van der Waals surface area contributed by atoms with Gasteiger partial charge in [-0.3, -0.25) is 4.79 Å². The summed E-state index contributed by atoms with van der Waals surface area (Å²) in [6.45, 7) is 4.98. The standard InChI is InChI=1S/C21H26FN5O2/c22-18-5-3-16(4-6-18)14-23-21(28)17-2-1-9-27(15-17)20-8-7-19(24-25-20)26-10-12-29-13-11-26/h3-8,17H,1-2,9-15H2,(H,23,28)/t17-/m0/s1. The molecule has 0 spiro atoms. The van der Waals surface area contributed by atoms with Gasteiger partial charge in [0.25, 0.3) is 0 Å². The van der Waals surface area contributed by atoms with Crippen LogP contribution in [0.15, 0.2) is 36.4 Å². The van der Waals surface area contributed by atoms with Crippen LogP contribution in [0, 0.1) is 11.7 Å². The van der Waals surface area contributed by atoms with Crippen molar-refractivity contribution in [3.8, 4) is 0 Å². The van der Waals surface area contributed by atoms with Crippen LogP contribution in [0.2, 0.25) is 0 Å². The van der Waals surface area contributed by atoms with Gasteiger partial charge in [0.2, 0.25) is 5.91 Å². The van der Waals surface area contributed by atoms with E-state index in [0.717, 1.165) is 49.7 Å². The summed E-state index contributed by atoms with van der Waals surface area (Å²) in [5.41, 5.74) is 0.886. The fourth-order valence-corrected chi connectivity index (χ4v) is 3.78. The Labute approximate surface area is 169 Å². The van der Waals surface area contributed by atoms with Gasteiger partial charge >= 0.3 is 0 Å². The van der Waals surface area contributed by atoms with Gasteiger partial charge in [0, 0.05) is 32.7 Å². The number of ether oxygens (including phenoxy) is 1. The molecule has 1 N–H and O–H groups in total. The van der Waals surface area contributed by atoms with Crippen molar-refractivity contribution in [2.24, 2.45) is 5.92 Å². The van der Waals surface area contributed by atoms with Crippen molar-refractivity contribution in [2.75, 3.05) is 49.2 Å². The van der Waals surface area contributed by atoms with Gasteiger partial charge in [0.05, 0.1) is 19.1 Å². The summed E-state index contributed by atoms with van der Waals surface area (Å²) >= 11 is 0. The Hall–Kier alpha value is -2.74. The molecule has 0 saturated carbocycles. The van der Waals surface area contributed by atoms with Crippen molar-refractivity contribution < 1.29 is 13.9 Å². The van der Waals surface area contributed by atoms with Crippen molar-refractivity contribution in [1.82, 2.24) is 15.5 Å². The van der Waals surface area contributed by atoms with Crippen LogP contribution >= 0.6 is 0 Å². The molecule has 1 atom stereocenters. The molecule has 3 heterocycles. The van der Waals surface area contributed by atoms with E-state index in [1.54, 1.807) is 12.1 Å². The molecule has 0 radical (unpaired) electrons. The zero-order valence-corrected chi connectivity index (χ0v) is 16.4. The molecule has 2 aliphatic rings. The van der Waals surface area contributed by atoms with E-state index < -0.39 is 0 Å². The SMILES string of the molecule is O=C(NCc1ccc(F)cc1)[C@H]1CCCN(c2ccc(N3CCOCC3)nn2)C1. The van der Waals surface area contributed by atoms with E-state index in [1.807, 2.05) is 12.1 Å². The number of benzene rings is 1. The number of nitrogens with zero attached hydrogens (tertiary/aromatic N) is 4.